The van der Waals surface area contributed by atoms with Crippen LogP contribution in [0.5, 0.6) is 0 Å². The van der Waals surface area contributed by atoms with Crippen LogP contribution in [0.2, 0.25) is 25.7 Å². The van der Waals surface area contributed by atoms with Crippen LogP contribution in [-0.4, -0.2) is 50.5 Å². The van der Waals surface area contributed by atoms with Gasteiger partial charge in [0.2, 0.25) is 0 Å². The summed E-state index contributed by atoms with van der Waals surface area (Å²) in [6.07, 6.45) is 3.23. The topological polar surface area (TPSA) is 32.7 Å². The van der Waals surface area contributed by atoms with E-state index in [9.17, 15) is 0 Å². The molecule has 0 fully saturated rings. The Balaban J connectivity index is 2.23. The van der Waals surface area contributed by atoms with Crippen molar-refractivity contribution in [2.24, 2.45) is 0 Å². The maximum absolute atomic E-state index is 9.00. The molecule has 0 saturated heterocycles. The summed E-state index contributed by atoms with van der Waals surface area (Å²) in [5, 5.41) is 9.00. The second-order valence-electron chi connectivity index (χ2n) is 6.18. The largest absolute Gasteiger partial charge is 0.395 e. The minimum Gasteiger partial charge on any atom is -0.395 e. The Morgan fingerprint density at radius 2 is 2.18 bits per heavy atom. The average molecular weight is 257 g/mol. The highest BCUT2D eigenvalue weighted by Gasteiger charge is 2.22. The van der Waals surface area contributed by atoms with E-state index >= 15 is 0 Å². The number of ether oxygens (including phenoxy) is 1. The summed E-state index contributed by atoms with van der Waals surface area (Å²) >= 11 is 0. The molecule has 1 N–H and O–H groups in total. The summed E-state index contributed by atoms with van der Waals surface area (Å²) in [6.45, 7) is 11.9. The van der Waals surface area contributed by atoms with Crippen LogP contribution < -0.4 is 0 Å². The molecule has 0 bridgehead atoms. The average Bonchev–Trinajstić information content (AvgIpc) is 2.53. The zero-order valence-corrected chi connectivity index (χ0v) is 12.7. The molecule has 1 heterocycles. The minimum atomic E-state index is -0.971. The van der Waals surface area contributed by atoms with Crippen molar-refractivity contribution in [1.82, 2.24) is 4.90 Å². The van der Waals surface area contributed by atoms with Gasteiger partial charge in [-0.2, -0.15) is 0 Å². The standard InChI is InChI=1S/C13H27NO2Si/c1-12-9-13(14(10-12)5-6-15)11-16-7-8-17(2,3)4/h10,13,15H,5-9,11H2,1-4H3. The zero-order valence-electron chi connectivity index (χ0n) is 11.7. The second kappa shape index (κ2) is 6.57. The predicted octanol–water partition coefficient (Wildman–Crippen LogP) is 2.31. The van der Waals surface area contributed by atoms with Crippen LogP contribution >= 0.6 is 0 Å². The van der Waals surface area contributed by atoms with Crippen molar-refractivity contribution in [3.05, 3.63) is 11.8 Å². The molecule has 0 aromatic heterocycles. The van der Waals surface area contributed by atoms with E-state index in [-0.39, 0.29) is 6.61 Å². The molecule has 0 spiro atoms. The lowest BCUT2D eigenvalue weighted by atomic mass is 10.2. The lowest BCUT2D eigenvalue weighted by Crippen LogP contribution is -2.33. The van der Waals surface area contributed by atoms with Gasteiger partial charge in [-0.1, -0.05) is 25.2 Å². The molecule has 1 rings (SSSR count). The van der Waals surface area contributed by atoms with Crippen LogP contribution in [0, 0.1) is 0 Å². The monoisotopic (exact) mass is 257 g/mol. The fourth-order valence-electron chi connectivity index (χ4n) is 2.05. The molecule has 4 heteroatoms. The fraction of sp³-hybridized carbons (Fsp3) is 0.846. The van der Waals surface area contributed by atoms with Gasteiger partial charge in [0, 0.05) is 21.2 Å². The first-order chi connectivity index (χ1) is 7.92. The van der Waals surface area contributed by atoms with Gasteiger partial charge in [0.15, 0.2) is 0 Å². The maximum atomic E-state index is 9.00. The van der Waals surface area contributed by atoms with E-state index in [1.54, 1.807) is 0 Å². The Morgan fingerprint density at radius 3 is 2.76 bits per heavy atom. The van der Waals surface area contributed by atoms with Gasteiger partial charge in [0.25, 0.3) is 0 Å². The smallest absolute Gasteiger partial charge is 0.0672 e. The molecule has 0 amide bonds. The fourth-order valence-corrected chi connectivity index (χ4v) is 2.80. The van der Waals surface area contributed by atoms with Gasteiger partial charge >= 0.3 is 0 Å². The molecule has 17 heavy (non-hydrogen) atoms. The lowest BCUT2D eigenvalue weighted by molar-refractivity contribution is 0.0856. The molecule has 0 radical (unpaired) electrons. The number of rotatable bonds is 7. The molecule has 1 aliphatic heterocycles. The van der Waals surface area contributed by atoms with Crippen molar-refractivity contribution in [3.8, 4) is 0 Å². The van der Waals surface area contributed by atoms with Gasteiger partial charge in [-0.15, -0.1) is 0 Å². The summed E-state index contributed by atoms with van der Waals surface area (Å²) in [4.78, 5) is 2.21. The van der Waals surface area contributed by atoms with Crippen LogP contribution in [-0.2, 0) is 4.74 Å². The van der Waals surface area contributed by atoms with E-state index in [1.165, 1.54) is 11.6 Å². The Kier molecular flexibility index (Phi) is 5.69. The Labute approximate surface area is 106 Å². The summed E-state index contributed by atoms with van der Waals surface area (Å²) in [6, 6.07) is 1.66. The third-order valence-electron chi connectivity index (χ3n) is 3.08. The van der Waals surface area contributed by atoms with Gasteiger partial charge in [-0.25, -0.2) is 0 Å². The third-order valence-corrected chi connectivity index (χ3v) is 4.78. The van der Waals surface area contributed by atoms with Gasteiger partial charge in [0.05, 0.1) is 19.3 Å². The summed E-state index contributed by atoms with van der Waals surface area (Å²) in [5.41, 5.74) is 1.39. The van der Waals surface area contributed by atoms with E-state index < -0.39 is 8.07 Å². The van der Waals surface area contributed by atoms with Crippen molar-refractivity contribution in [2.75, 3.05) is 26.4 Å². The van der Waals surface area contributed by atoms with Crippen molar-refractivity contribution in [1.29, 1.82) is 0 Å². The lowest BCUT2D eigenvalue weighted by Gasteiger charge is -2.25. The minimum absolute atomic E-state index is 0.217. The van der Waals surface area contributed by atoms with E-state index in [0.29, 0.717) is 6.04 Å². The highest BCUT2D eigenvalue weighted by atomic mass is 28.3. The zero-order chi connectivity index (χ0) is 12.9. The van der Waals surface area contributed by atoms with Crippen LogP contribution in [0.4, 0.5) is 0 Å². The normalized spacial score (nSPS) is 20.9. The number of aliphatic hydroxyl groups excluding tert-OH is 1. The Hall–Kier alpha value is -0.323. The van der Waals surface area contributed by atoms with E-state index in [2.05, 4.69) is 37.7 Å². The summed E-state index contributed by atoms with van der Waals surface area (Å²) in [7, 11) is -0.971. The van der Waals surface area contributed by atoms with Crippen molar-refractivity contribution < 1.29 is 9.84 Å². The van der Waals surface area contributed by atoms with E-state index in [1.807, 2.05) is 0 Å². The van der Waals surface area contributed by atoms with Crippen molar-refractivity contribution in [2.45, 2.75) is 45.1 Å². The third kappa shape index (κ3) is 5.70. The first-order valence-electron chi connectivity index (χ1n) is 6.54. The predicted molar refractivity (Wildman–Crippen MR) is 74.9 cm³/mol. The van der Waals surface area contributed by atoms with Crippen molar-refractivity contribution in [3.63, 3.8) is 0 Å². The molecular formula is C13H27NO2Si. The van der Waals surface area contributed by atoms with E-state index in [0.717, 1.165) is 26.2 Å². The number of hydrogen-bond donors (Lipinski definition) is 1. The van der Waals surface area contributed by atoms with Crippen LogP contribution in [0.15, 0.2) is 11.8 Å². The molecule has 0 aromatic carbocycles. The quantitative estimate of drug-likeness (QED) is 0.561. The van der Waals surface area contributed by atoms with Gasteiger partial charge in [-0.05, 0) is 25.6 Å². The Morgan fingerprint density at radius 1 is 1.47 bits per heavy atom. The number of aliphatic hydroxyl groups is 1. The van der Waals surface area contributed by atoms with Gasteiger partial charge in [-0.3, -0.25) is 0 Å². The van der Waals surface area contributed by atoms with Gasteiger partial charge < -0.3 is 14.7 Å². The summed E-state index contributed by atoms with van der Waals surface area (Å²) < 4.78 is 5.80. The molecule has 0 aromatic rings. The first kappa shape index (κ1) is 14.7. The van der Waals surface area contributed by atoms with Crippen LogP contribution in [0.1, 0.15) is 13.3 Å². The molecule has 0 saturated carbocycles. The second-order valence-corrected chi connectivity index (χ2v) is 11.8. The van der Waals surface area contributed by atoms with Crippen molar-refractivity contribution >= 4 is 8.07 Å². The molecule has 0 aliphatic carbocycles. The number of β-amino-alcohol motifs (C(OH)–C–C–N with tert-alkyl or cyclic N) is 1. The van der Waals surface area contributed by atoms with Crippen LogP contribution in [0.3, 0.4) is 0 Å². The molecule has 3 nitrogen and oxygen atoms in total. The molecule has 1 aliphatic rings. The summed E-state index contributed by atoms with van der Waals surface area (Å²) in [5.74, 6) is 0. The Bertz CT molecular complexity index is 261. The number of hydrogen-bond acceptors (Lipinski definition) is 3. The maximum Gasteiger partial charge on any atom is 0.0672 e. The number of nitrogens with zero attached hydrogens (tertiary/aromatic N) is 1. The first-order valence-corrected chi connectivity index (χ1v) is 10.2. The SMILES string of the molecule is CC1=CN(CCO)C(COCC[Si](C)(C)C)C1. The van der Waals surface area contributed by atoms with Gasteiger partial charge in [0.1, 0.15) is 0 Å². The van der Waals surface area contributed by atoms with E-state index in [4.69, 9.17) is 9.84 Å². The molecular weight excluding hydrogens is 230 g/mol. The highest BCUT2D eigenvalue weighted by molar-refractivity contribution is 6.76. The highest BCUT2D eigenvalue weighted by Crippen LogP contribution is 2.21. The van der Waals surface area contributed by atoms with Crippen LogP contribution in [0.25, 0.3) is 0 Å². The molecule has 100 valence electrons. The molecule has 1 unspecified atom stereocenters. The molecule has 1 atom stereocenters.